The van der Waals surface area contributed by atoms with Gasteiger partial charge in [0.25, 0.3) is 0 Å². The predicted octanol–water partition coefficient (Wildman–Crippen LogP) is 2.26. The molecular formula is C14H18N2O. The van der Waals surface area contributed by atoms with Gasteiger partial charge in [0, 0.05) is 23.1 Å². The van der Waals surface area contributed by atoms with E-state index in [1.165, 1.54) is 0 Å². The molecule has 1 heterocycles. The van der Waals surface area contributed by atoms with Crippen LogP contribution in [-0.2, 0) is 5.60 Å². The van der Waals surface area contributed by atoms with Crippen LogP contribution in [0.25, 0.3) is 10.9 Å². The summed E-state index contributed by atoms with van der Waals surface area (Å²) in [6.07, 6.45) is 5.41. The molecule has 2 unspecified atom stereocenters. The van der Waals surface area contributed by atoms with Crippen molar-refractivity contribution in [2.75, 3.05) is 0 Å². The molecule has 90 valence electrons. The van der Waals surface area contributed by atoms with Crippen LogP contribution in [0.1, 0.15) is 31.2 Å². The van der Waals surface area contributed by atoms with E-state index in [-0.39, 0.29) is 6.04 Å². The first-order valence-corrected chi connectivity index (χ1v) is 6.24. The van der Waals surface area contributed by atoms with Crippen LogP contribution in [0, 0.1) is 0 Å². The van der Waals surface area contributed by atoms with Gasteiger partial charge >= 0.3 is 0 Å². The van der Waals surface area contributed by atoms with Crippen LogP contribution in [0.2, 0.25) is 0 Å². The molecule has 0 amide bonds. The highest BCUT2D eigenvalue weighted by molar-refractivity contribution is 5.83. The number of nitrogens with two attached hydrogens (primary N) is 1. The molecule has 0 spiro atoms. The summed E-state index contributed by atoms with van der Waals surface area (Å²) in [5.41, 5.74) is 7.35. The Kier molecular flexibility index (Phi) is 2.45. The zero-order valence-electron chi connectivity index (χ0n) is 9.82. The number of aromatic nitrogens is 1. The maximum Gasteiger partial charge on any atom is 0.0917 e. The minimum absolute atomic E-state index is 0.114. The average molecular weight is 230 g/mol. The molecule has 4 N–H and O–H groups in total. The van der Waals surface area contributed by atoms with Gasteiger partial charge in [0.05, 0.1) is 5.60 Å². The molecule has 0 radical (unpaired) electrons. The number of fused-ring (bicyclic) bond motifs is 1. The predicted molar refractivity (Wildman–Crippen MR) is 68.6 cm³/mol. The van der Waals surface area contributed by atoms with E-state index in [9.17, 15) is 5.11 Å². The van der Waals surface area contributed by atoms with Gasteiger partial charge in [0.15, 0.2) is 0 Å². The number of H-pyrrole nitrogens is 1. The van der Waals surface area contributed by atoms with Crippen molar-refractivity contribution in [1.82, 2.24) is 4.98 Å². The molecule has 1 aromatic carbocycles. The molecule has 2 aromatic rings. The van der Waals surface area contributed by atoms with E-state index in [4.69, 9.17) is 5.73 Å². The lowest BCUT2D eigenvalue weighted by atomic mass is 9.76. The largest absolute Gasteiger partial charge is 0.385 e. The van der Waals surface area contributed by atoms with Gasteiger partial charge in [-0.05, 0) is 43.4 Å². The number of hydrogen-bond donors (Lipinski definition) is 3. The Balaban J connectivity index is 2.10. The third kappa shape index (κ3) is 1.75. The first kappa shape index (κ1) is 10.8. The lowest BCUT2D eigenvalue weighted by molar-refractivity contribution is -0.00580. The zero-order chi connectivity index (χ0) is 11.9. The second kappa shape index (κ2) is 3.86. The monoisotopic (exact) mass is 230 g/mol. The van der Waals surface area contributed by atoms with E-state index in [0.29, 0.717) is 6.42 Å². The van der Waals surface area contributed by atoms with Crippen LogP contribution in [0.4, 0.5) is 0 Å². The molecule has 0 bridgehead atoms. The number of nitrogens with one attached hydrogen (secondary N) is 1. The Morgan fingerprint density at radius 3 is 3.06 bits per heavy atom. The number of hydrogen-bond acceptors (Lipinski definition) is 2. The summed E-state index contributed by atoms with van der Waals surface area (Å²) in [6.45, 7) is 0. The molecule has 1 fully saturated rings. The third-order valence-corrected chi connectivity index (χ3v) is 3.86. The molecule has 1 saturated carbocycles. The van der Waals surface area contributed by atoms with Crippen molar-refractivity contribution in [2.45, 2.75) is 37.3 Å². The highest BCUT2D eigenvalue weighted by Gasteiger charge is 2.35. The van der Waals surface area contributed by atoms with Gasteiger partial charge in [-0.25, -0.2) is 0 Å². The first-order valence-electron chi connectivity index (χ1n) is 6.24. The van der Waals surface area contributed by atoms with Crippen LogP contribution in [-0.4, -0.2) is 16.1 Å². The van der Waals surface area contributed by atoms with Gasteiger partial charge in [-0.1, -0.05) is 12.1 Å². The van der Waals surface area contributed by atoms with Crippen LogP contribution >= 0.6 is 0 Å². The van der Waals surface area contributed by atoms with Crippen molar-refractivity contribution in [1.29, 1.82) is 0 Å². The maximum absolute atomic E-state index is 10.8. The minimum Gasteiger partial charge on any atom is -0.385 e. The van der Waals surface area contributed by atoms with E-state index in [0.717, 1.165) is 35.7 Å². The molecule has 3 rings (SSSR count). The minimum atomic E-state index is -0.751. The molecular weight excluding hydrogens is 212 g/mol. The van der Waals surface area contributed by atoms with E-state index in [1.807, 2.05) is 30.5 Å². The fourth-order valence-corrected chi connectivity index (χ4v) is 3.03. The Morgan fingerprint density at radius 1 is 1.35 bits per heavy atom. The van der Waals surface area contributed by atoms with Crippen molar-refractivity contribution in [3.63, 3.8) is 0 Å². The van der Waals surface area contributed by atoms with Crippen LogP contribution < -0.4 is 5.73 Å². The lowest BCUT2D eigenvalue weighted by Gasteiger charge is -2.36. The van der Waals surface area contributed by atoms with Crippen molar-refractivity contribution in [3.05, 3.63) is 36.0 Å². The summed E-state index contributed by atoms with van der Waals surface area (Å²) in [7, 11) is 0. The SMILES string of the molecule is NC1CCCC(O)(c2cccc3[nH]ccc23)C1. The molecule has 2 atom stereocenters. The number of aromatic amines is 1. The summed E-state index contributed by atoms with van der Waals surface area (Å²) in [6, 6.07) is 8.19. The molecule has 0 aliphatic heterocycles. The second-order valence-corrected chi connectivity index (χ2v) is 5.13. The number of benzene rings is 1. The highest BCUT2D eigenvalue weighted by atomic mass is 16.3. The second-order valence-electron chi connectivity index (χ2n) is 5.13. The Hall–Kier alpha value is -1.32. The third-order valence-electron chi connectivity index (χ3n) is 3.86. The normalized spacial score (nSPS) is 29.6. The molecule has 3 nitrogen and oxygen atoms in total. The van der Waals surface area contributed by atoms with Gasteiger partial charge in [0.2, 0.25) is 0 Å². The molecule has 0 saturated heterocycles. The fourth-order valence-electron chi connectivity index (χ4n) is 3.03. The summed E-state index contributed by atoms with van der Waals surface area (Å²) >= 11 is 0. The molecule has 1 aliphatic rings. The summed E-state index contributed by atoms with van der Waals surface area (Å²) in [4.78, 5) is 3.19. The van der Waals surface area contributed by atoms with Crippen molar-refractivity contribution in [2.24, 2.45) is 5.73 Å². The lowest BCUT2D eigenvalue weighted by Crippen LogP contribution is -2.39. The Labute approximate surface area is 101 Å². The van der Waals surface area contributed by atoms with E-state index in [1.54, 1.807) is 0 Å². The quantitative estimate of drug-likeness (QED) is 0.703. The van der Waals surface area contributed by atoms with Gasteiger partial charge in [-0.15, -0.1) is 0 Å². The number of aliphatic hydroxyl groups is 1. The highest BCUT2D eigenvalue weighted by Crippen LogP contribution is 2.39. The van der Waals surface area contributed by atoms with E-state index >= 15 is 0 Å². The zero-order valence-corrected chi connectivity index (χ0v) is 9.82. The maximum atomic E-state index is 10.8. The Morgan fingerprint density at radius 2 is 2.24 bits per heavy atom. The van der Waals surface area contributed by atoms with Crippen LogP contribution in [0.5, 0.6) is 0 Å². The van der Waals surface area contributed by atoms with Crippen LogP contribution in [0.3, 0.4) is 0 Å². The van der Waals surface area contributed by atoms with Gasteiger partial charge in [-0.2, -0.15) is 0 Å². The van der Waals surface area contributed by atoms with Gasteiger partial charge in [-0.3, -0.25) is 0 Å². The molecule has 1 aromatic heterocycles. The number of rotatable bonds is 1. The van der Waals surface area contributed by atoms with Crippen molar-refractivity contribution >= 4 is 10.9 Å². The first-order chi connectivity index (χ1) is 8.19. The van der Waals surface area contributed by atoms with Gasteiger partial charge in [0.1, 0.15) is 0 Å². The smallest absolute Gasteiger partial charge is 0.0917 e. The van der Waals surface area contributed by atoms with Gasteiger partial charge < -0.3 is 15.8 Å². The molecule has 3 heteroatoms. The standard InChI is InChI=1S/C14H18N2O/c15-10-3-2-7-14(17,9-10)12-4-1-5-13-11(12)6-8-16-13/h1,4-6,8,10,16-17H,2-3,7,9,15H2. The van der Waals surface area contributed by atoms with E-state index < -0.39 is 5.60 Å². The average Bonchev–Trinajstić information content (AvgIpc) is 2.76. The van der Waals surface area contributed by atoms with E-state index in [2.05, 4.69) is 4.98 Å². The molecule has 1 aliphatic carbocycles. The van der Waals surface area contributed by atoms with Crippen molar-refractivity contribution in [3.8, 4) is 0 Å². The summed E-state index contributed by atoms with van der Waals surface area (Å²) in [5.74, 6) is 0. The fraction of sp³-hybridized carbons (Fsp3) is 0.429. The summed E-state index contributed by atoms with van der Waals surface area (Å²) in [5, 5.41) is 12.0. The van der Waals surface area contributed by atoms with Crippen molar-refractivity contribution < 1.29 is 5.11 Å². The Bertz CT molecular complexity index is 534. The molecule has 17 heavy (non-hydrogen) atoms. The topological polar surface area (TPSA) is 62.0 Å². The van der Waals surface area contributed by atoms with Crippen LogP contribution in [0.15, 0.2) is 30.5 Å². The summed E-state index contributed by atoms with van der Waals surface area (Å²) < 4.78 is 0.